The highest BCUT2D eigenvalue weighted by atomic mass is 32.1. The van der Waals surface area contributed by atoms with E-state index in [1.165, 1.54) is 11.3 Å². The number of nitrogens with one attached hydrogen (secondary N) is 1. The lowest BCUT2D eigenvalue weighted by molar-refractivity contribution is -0.128. The van der Waals surface area contributed by atoms with E-state index in [0.29, 0.717) is 30.6 Å². The van der Waals surface area contributed by atoms with Crippen LogP contribution in [0.2, 0.25) is 0 Å². The Balaban J connectivity index is 1.73. The van der Waals surface area contributed by atoms with Crippen LogP contribution in [0.1, 0.15) is 31.4 Å². The molecular formula is C18H23N3O2S. The lowest BCUT2D eigenvalue weighted by Crippen LogP contribution is -2.31. The summed E-state index contributed by atoms with van der Waals surface area (Å²) < 4.78 is 1.11. The van der Waals surface area contributed by atoms with Gasteiger partial charge in [-0.2, -0.15) is 0 Å². The van der Waals surface area contributed by atoms with Crippen molar-refractivity contribution < 1.29 is 9.59 Å². The third kappa shape index (κ3) is 3.29. The van der Waals surface area contributed by atoms with Crippen molar-refractivity contribution in [2.75, 3.05) is 18.4 Å². The molecule has 0 aliphatic carbocycles. The number of benzene rings is 1. The second-order valence-corrected chi connectivity index (χ2v) is 7.98. The van der Waals surface area contributed by atoms with Crippen LogP contribution in [0.4, 0.5) is 5.13 Å². The third-order valence-corrected chi connectivity index (χ3v) is 5.45. The summed E-state index contributed by atoms with van der Waals surface area (Å²) in [6.45, 7) is 9.43. The smallest absolute Gasteiger partial charge is 0.231 e. The van der Waals surface area contributed by atoms with Crippen LogP contribution in [0.3, 0.4) is 0 Å². The van der Waals surface area contributed by atoms with Gasteiger partial charge in [0.15, 0.2) is 5.13 Å². The molecule has 3 rings (SSSR count). The number of rotatable bonds is 4. The lowest BCUT2D eigenvalue weighted by atomic mass is 10.1. The zero-order valence-electron chi connectivity index (χ0n) is 14.5. The molecule has 1 aromatic heterocycles. The van der Waals surface area contributed by atoms with E-state index >= 15 is 0 Å². The lowest BCUT2D eigenvalue weighted by Gasteiger charge is -2.18. The molecule has 1 atom stereocenters. The minimum Gasteiger partial charge on any atom is -0.342 e. The quantitative estimate of drug-likeness (QED) is 0.924. The van der Waals surface area contributed by atoms with Gasteiger partial charge in [0.1, 0.15) is 0 Å². The first kappa shape index (κ1) is 16.9. The maximum Gasteiger partial charge on any atom is 0.231 e. The van der Waals surface area contributed by atoms with E-state index in [9.17, 15) is 9.59 Å². The van der Waals surface area contributed by atoms with E-state index in [1.807, 2.05) is 19.9 Å². The van der Waals surface area contributed by atoms with Crippen molar-refractivity contribution >= 4 is 38.5 Å². The molecule has 0 bridgehead atoms. The van der Waals surface area contributed by atoms with Gasteiger partial charge in [-0.3, -0.25) is 9.59 Å². The number of fused-ring (bicyclic) bond motifs is 1. The fourth-order valence-corrected chi connectivity index (χ4v) is 4.10. The first-order chi connectivity index (χ1) is 11.3. The van der Waals surface area contributed by atoms with Crippen LogP contribution in [0, 0.1) is 25.7 Å². The van der Waals surface area contributed by atoms with Crippen molar-refractivity contribution in [1.29, 1.82) is 0 Å². The van der Waals surface area contributed by atoms with Crippen LogP contribution in [-0.2, 0) is 9.59 Å². The SMILES string of the molecule is Cc1ccc(C)c2sc(NC(=O)C3CC(=O)N(CC(C)C)C3)nc12. The van der Waals surface area contributed by atoms with Crippen LogP contribution < -0.4 is 5.32 Å². The van der Waals surface area contributed by atoms with Crippen molar-refractivity contribution in [2.45, 2.75) is 34.1 Å². The van der Waals surface area contributed by atoms with Gasteiger partial charge in [-0.1, -0.05) is 37.3 Å². The Hall–Kier alpha value is -1.95. The molecule has 1 aliphatic heterocycles. The van der Waals surface area contributed by atoms with Gasteiger partial charge in [-0.25, -0.2) is 4.98 Å². The number of likely N-dealkylation sites (tertiary alicyclic amines) is 1. The maximum absolute atomic E-state index is 12.5. The normalized spacial score (nSPS) is 18.0. The molecule has 1 aliphatic rings. The first-order valence-corrected chi connectivity index (χ1v) is 9.12. The number of hydrogen-bond donors (Lipinski definition) is 1. The van der Waals surface area contributed by atoms with Crippen molar-refractivity contribution in [3.05, 3.63) is 23.3 Å². The highest BCUT2D eigenvalue weighted by Crippen LogP contribution is 2.31. The van der Waals surface area contributed by atoms with Crippen LogP contribution in [0.25, 0.3) is 10.2 Å². The topological polar surface area (TPSA) is 62.3 Å². The number of carbonyl (C=O) groups is 2. The van der Waals surface area contributed by atoms with Gasteiger partial charge in [0, 0.05) is 19.5 Å². The highest BCUT2D eigenvalue weighted by molar-refractivity contribution is 7.22. The average molecular weight is 345 g/mol. The average Bonchev–Trinajstić information content (AvgIpc) is 3.08. The Kier molecular flexibility index (Phi) is 4.58. The van der Waals surface area contributed by atoms with Gasteiger partial charge in [0.05, 0.1) is 16.1 Å². The van der Waals surface area contributed by atoms with Gasteiger partial charge >= 0.3 is 0 Å². The van der Waals surface area contributed by atoms with Crippen molar-refractivity contribution in [3.8, 4) is 0 Å². The number of aryl methyl sites for hydroxylation is 2. The van der Waals surface area contributed by atoms with E-state index in [1.54, 1.807) is 4.90 Å². The number of nitrogens with zero attached hydrogens (tertiary/aromatic N) is 2. The molecule has 128 valence electrons. The zero-order chi connectivity index (χ0) is 17.4. The predicted molar refractivity (Wildman–Crippen MR) is 97.2 cm³/mol. The van der Waals surface area contributed by atoms with E-state index in [-0.39, 0.29) is 17.7 Å². The van der Waals surface area contributed by atoms with Gasteiger partial charge in [0.2, 0.25) is 11.8 Å². The first-order valence-electron chi connectivity index (χ1n) is 8.30. The summed E-state index contributed by atoms with van der Waals surface area (Å²) in [6, 6.07) is 4.11. The summed E-state index contributed by atoms with van der Waals surface area (Å²) in [6.07, 6.45) is 0.293. The Morgan fingerprint density at radius 1 is 1.38 bits per heavy atom. The summed E-state index contributed by atoms with van der Waals surface area (Å²) in [5, 5.41) is 3.52. The minimum absolute atomic E-state index is 0.0693. The zero-order valence-corrected chi connectivity index (χ0v) is 15.4. The molecule has 0 radical (unpaired) electrons. The van der Waals surface area contributed by atoms with Gasteiger partial charge in [0.25, 0.3) is 0 Å². The maximum atomic E-state index is 12.5. The minimum atomic E-state index is -0.287. The van der Waals surface area contributed by atoms with Crippen LogP contribution in [0.5, 0.6) is 0 Å². The fraction of sp³-hybridized carbons (Fsp3) is 0.500. The molecule has 2 heterocycles. The van der Waals surface area contributed by atoms with Gasteiger partial charge in [-0.15, -0.1) is 0 Å². The van der Waals surface area contributed by atoms with Crippen molar-refractivity contribution in [3.63, 3.8) is 0 Å². The molecule has 5 nitrogen and oxygen atoms in total. The molecule has 24 heavy (non-hydrogen) atoms. The molecule has 1 saturated heterocycles. The second kappa shape index (κ2) is 6.51. The molecule has 1 fully saturated rings. The Morgan fingerprint density at radius 2 is 2.08 bits per heavy atom. The molecule has 2 amide bonds. The van der Waals surface area contributed by atoms with Gasteiger partial charge < -0.3 is 10.2 Å². The molecule has 1 aromatic carbocycles. The van der Waals surface area contributed by atoms with E-state index in [4.69, 9.17) is 0 Å². The summed E-state index contributed by atoms with van der Waals surface area (Å²) in [5.41, 5.74) is 3.21. The fourth-order valence-electron chi connectivity index (χ4n) is 3.09. The van der Waals surface area contributed by atoms with Crippen LogP contribution >= 0.6 is 11.3 Å². The highest BCUT2D eigenvalue weighted by Gasteiger charge is 2.34. The standard InChI is InChI=1S/C18H23N3O2S/c1-10(2)8-21-9-13(7-14(21)22)17(23)20-18-19-15-11(3)5-6-12(4)16(15)24-18/h5-6,10,13H,7-9H2,1-4H3,(H,19,20,23). The number of carbonyl (C=O) groups excluding carboxylic acids is 2. The number of thiazole rings is 1. The van der Waals surface area contributed by atoms with E-state index in [2.05, 4.69) is 30.2 Å². The number of aromatic nitrogens is 1. The molecule has 1 unspecified atom stereocenters. The van der Waals surface area contributed by atoms with Crippen LogP contribution in [0.15, 0.2) is 12.1 Å². The number of hydrogen-bond acceptors (Lipinski definition) is 4. The molecule has 1 N–H and O–H groups in total. The Morgan fingerprint density at radius 3 is 2.75 bits per heavy atom. The monoisotopic (exact) mass is 345 g/mol. The Labute approximate surface area is 146 Å². The molecule has 2 aromatic rings. The molecular weight excluding hydrogens is 322 g/mol. The summed E-state index contributed by atoms with van der Waals surface area (Å²) >= 11 is 1.50. The summed E-state index contributed by atoms with van der Waals surface area (Å²) in [5.74, 6) is 0.0836. The van der Waals surface area contributed by atoms with E-state index in [0.717, 1.165) is 21.3 Å². The molecule has 6 heteroatoms. The number of amides is 2. The van der Waals surface area contributed by atoms with Crippen LogP contribution in [-0.4, -0.2) is 34.8 Å². The molecule has 0 spiro atoms. The number of anilines is 1. The Bertz CT molecular complexity index is 758. The molecule has 0 saturated carbocycles. The van der Waals surface area contributed by atoms with E-state index < -0.39 is 0 Å². The van der Waals surface area contributed by atoms with Crippen molar-refractivity contribution in [2.24, 2.45) is 11.8 Å². The largest absolute Gasteiger partial charge is 0.342 e. The predicted octanol–water partition coefficient (Wildman–Crippen LogP) is 3.36. The van der Waals surface area contributed by atoms with Gasteiger partial charge in [-0.05, 0) is 30.9 Å². The summed E-state index contributed by atoms with van der Waals surface area (Å²) in [7, 11) is 0. The second-order valence-electron chi connectivity index (χ2n) is 6.98. The third-order valence-electron chi connectivity index (χ3n) is 4.34. The van der Waals surface area contributed by atoms with Crippen molar-refractivity contribution in [1.82, 2.24) is 9.88 Å². The summed E-state index contributed by atoms with van der Waals surface area (Å²) in [4.78, 5) is 30.9.